The van der Waals surface area contributed by atoms with Crippen molar-refractivity contribution in [3.8, 4) is 0 Å². The lowest BCUT2D eigenvalue weighted by molar-refractivity contribution is -0.388. The number of halogens is 4. The molecule has 134 valence electrons. The number of hydrogen-bond acceptors (Lipinski definition) is 5. The smallest absolute Gasteiger partial charge is 0.266 e. The molecule has 25 heavy (non-hydrogen) atoms. The molecule has 1 aromatic heterocycles. The van der Waals surface area contributed by atoms with Crippen LogP contribution in [0.25, 0.3) is 0 Å². The van der Waals surface area contributed by atoms with E-state index in [4.69, 9.17) is 11.6 Å². The Bertz CT molecular complexity index is 934. The second kappa shape index (κ2) is 6.48. The Morgan fingerprint density at radius 1 is 1.28 bits per heavy atom. The summed E-state index contributed by atoms with van der Waals surface area (Å²) in [6, 6.07) is 3.85. The molecule has 0 spiro atoms. The van der Waals surface area contributed by atoms with Crippen LogP contribution >= 0.6 is 11.6 Å². The van der Waals surface area contributed by atoms with Crippen molar-refractivity contribution in [2.75, 3.05) is 11.4 Å². The number of nitro groups is 1. The first-order valence-corrected chi connectivity index (χ1v) is 8.23. The zero-order chi connectivity index (χ0) is 19.0. The van der Waals surface area contributed by atoms with Crippen molar-refractivity contribution >= 4 is 33.0 Å². The van der Waals surface area contributed by atoms with E-state index in [1.54, 1.807) is 0 Å². The third-order valence-corrected chi connectivity index (χ3v) is 5.31. The van der Waals surface area contributed by atoms with E-state index in [1.165, 1.54) is 18.3 Å². The standard InChI is InChI=1S/C13H9ClF3N3O4S/c1-19(9-3-2-6-18-12(9)14)25(23,24)11-5-4-8(13(15,16)17)7-10(11)20(21)22/h2-7H,1H3. The predicted octanol–water partition coefficient (Wildman–Crippen LogP) is 3.49. The van der Waals surface area contributed by atoms with Crippen LogP contribution in [0.1, 0.15) is 5.56 Å². The maximum atomic E-state index is 12.7. The molecule has 0 radical (unpaired) electrons. The molecule has 0 aliphatic rings. The van der Waals surface area contributed by atoms with Crippen molar-refractivity contribution in [1.29, 1.82) is 0 Å². The predicted molar refractivity (Wildman–Crippen MR) is 82.9 cm³/mol. The van der Waals surface area contributed by atoms with E-state index in [0.717, 1.165) is 7.05 Å². The first kappa shape index (κ1) is 18.9. The summed E-state index contributed by atoms with van der Waals surface area (Å²) in [5, 5.41) is 10.9. The zero-order valence-corrected chi connectivity index (χ0v) is 13.9. The van der Waals surface area contributed by atoms with Crippen LogP contribution in [0.4, 0.5) is 24.5 Å². The number of hydrogen-bond donors (Lipinski definition) is 0. The van der Waals surface area contributed by atoms with E-state index in [2.05, 4.69) is 4.98 Å². The van der Waals surface area contributed by atoms with Gasteiger partial charge in [-0.05, 0) is 24.3 Å². The van der Waals surface area contributed by atoms with Crippen LogP contribution in [0.3, 0.4) is 0 Å². The summed E-state index contributed by atoms with van der Waals surface area (Å²) >= 11 is 5.80. The number of pyridine rings is 1. The number of nitrogens with zero attached hydrogens (tertiary/aromatic N) is 3. The van der Waals surface area contributed by atoms with Gasteiger partial charge in [0, 0.05) is 19.3 Å². The summed E-state index contributed by atoms with van der Waals surface area (Å²) in [5.74, 6) is 0. The van der Waals surface area contributed by atoms with E-state index in [0.29, 0.717) is 16.4 Å². The fourth-order valence-corrected chi connectivity index (χ4v) is 3.58. The number of aromatic nitrogens is 1. The molecule has 0 aliphatic heterocycles. The number of benzene rings is 1. The largest absolute Gasteiger partial charge is 0.416 e. The van der Waals surface area contributed by atoms with Gasteiger partial charge in [-0.3, -0.25) is 14.4 Å². The lowest BCUT2D eigenvalue weighted by Crippen LogP contribution is -2.27. The minimum Gasteiger partial charge on any atom is -0.266 e. The van der Waals surface area contributed by atoms with Crippen LogP contribution in [0.5, 0.6) is 0 Å². The molecule has 7 nitrogen and oxygen atoms in total. The molecule has 0 saturated carbocycles. The summed E-state index contributed by atoms with van der Waals surface area (Å²) in [6.07, 6.45) is -3.56. The number of nitro benzene ring substituents is 1. The molecule has 0 bridgehead atoms. The normalized spacial score (nSPS) is 12.0. The van der Waals surface area contributed by atoms with Crippen molar-refractivity contribution in [1.82, 2.24) is 4.98 Å². The Labute approximate surface area is 144 Å². The van der Waals surface area contributed by atoms with Gasteiger partial charge in [-0.1, -0.05) is 11.6 Å². The Morgan fingerprint density at radius 3 is 2.44 bits per heavy atom. The average molecular weight is 396 g/mol. The van der Waals surface area contributed by atoms with Crippen molar-refractivity contribution in [2.45, 2.75) is 11.1 Å². The first-order valence-electron chi connectivity index (χ1n) is 6.41. The molecule has 2 rings (SSSR count). The van der Waals surface area contributed by atoms with Crippen LogP contribution in [0.15, 0.2) is 41.4 Å². The molecular formula is C13H9ClF3N3O4S. The number of rotatable bonds is 4. The van der Waals surface area contributed by atoms with Gasteiger partial charge in [0.2, 0.25) is 0 Å². The molecule has 0 aliphatic carbocycles. The molecular weight excluding hydrogens is 387 g/mol. The van der Waals surface area contributed by atoms with Crippen molar-refractivity contribution < 1.29 is 26.5 Å². The minimum atomic E-state index is -4.86. The monoisotopic (exact) mass is 395 g/mol. The van der Waals surface area contributed by atoms with Gasteiger partial charge in [-0.15, -0.1) is 0 Å². The highest BCUT2D eigenvalue weighted by Gasteiger charge is 2.37. The van der Waals surface area contributed by atoms with Crippen LogP contribution in [-0.2, 0) is 16.2 Å². The van der Waals surface area contributed by atoms with Gasteiger partial charge < -0.3 is 0 Å². The van der Waals surface area contributed by atoms with Crippen molar-refractivity contribution in [3.05, 3.63) is 57.4 Å². The van der Waals surface area contributed by atoms with Crippen LogP contribution in [-0.4, -0.2) is 25.4 Å². The summed E-state index contributed by atoms with van der Waals surface area (Å²) in [6.45, 7) is 0. The average Bonchev–Trinajstić information content (AvgIpc) is 2.53. The Hall–Kier alpha value is -2.40. The minimum absolute atomic E-state index is 0.0848. The highest BCUT2D eigenvalue weighted by molar-refractivity contribution is 7.93. The molecule has 1 heterocycles. The number of alkyl halides is 3. The van der Waals surface area contributed by atoms with Gasteiger partial charge >= 0.3 is 6.18 Å². The molecule has 0 N–H and O–H groups in total. The molecule has 0 unspecified atom stereocenters. The lowest BCUT2D eigenvalue weighted by atomic mass is 10.2. The SMILES string of the molecule is CN(c1cccnc1Cl)S(=O)(=O)c1ccc(C(F)(F)F)cc1[N+](=O)[O-]. The second-order valence-corrected chi connectivity index (χ2v) is 7.02. The number of sulfonamides is 1. The third-order valence-electron chi connectivity index (χ3n) is 3.20. The second-order valence-electron chi connectivity index (χ2n) is 4.72. The van der Waals surface area contributed by atoms with Gasteiger partial charge in [0.1, 0.15) is 0 Å². The summed E-state index contributed by atoms with van der Waals surface area (Å²) in [7, 11) is -3.50. The van der Waals surface area contributed by atoms with Crippen molar-refractivity contribution in [2.24, 2.45) is 0 Å². The van der Waals surface area contributed by atoms with E-state index in [9.17, 15) is 31.7 Å². The first-order chi connectivity index (χ1) is 11.5. The molecule has 0 fully saturated rings. The number of anilines is 1. The highest BCUT2D eigenvalue weighted by atomic mass is 35.5. The lowest BCUT2D eigenvalue weighted by Gasteiger charge is -2.20. The van der Waals surface area contributed by atoms with Gasteiger partial charge in [0.15, 0.2) is 10.0 Å². The highest BCUT2D eigenvalue weighted by Crippen LogP contribution is 2.36. The maximum Gasteiger partial charge on any atom is 0.416 e. The summed E-state index contributed by atoms with van der Waals surface area (Å²) in [4.78, 5) is 12.7. The van der Waals surface area contributed by atoms with E-state index in [1.807, 2.05) is 0 Å². The van der Waals surface area contributed by atoms with Gasteiger partial charge in [-0.25, -0.2) is 13.4 Å². The molecule has 0 amide bonds. The Morgan fingerprint density at radius 2 is 1.92 bits per heavy atom. The van der Waals surface area contributed by atoms with E-state index >= 15 is 0 Å². The third kappa shape index (κ3) is 3.66. The van der Waals surface area contributed by atoms with Crippen LogP contribution in [0.2, 0.25) is 5.15 Å². The quantitative estimate of drug-likeness (QED) is 0.449. The van der Waals surface area contributed by atoms with Crippen LogP contribution in [0, 0.1) is 10.1 Å². The van der Waals surface area contributed by atoms with Gasteiger partial charge in [0.05, 0.1) is 16.2 Å². The van der Waals surface area contributed by atoms with E-state index < -0.39 is 37.3 Å². The fourth-order valence-electron chi connectivity index (χ4n) is 1.94. The van der Waals surface area contributed by atoms with Crippen LogP contribution < -0.4 is 4.31 Å². The summed E-state index contributed by atoms with van der Waals surface area (Å²) < 4.78 is 64.0. The van der Waals surface area contributed by atoms with Crippen molar-refractivity contribution in [3.63, 3.8) is 0 Å². The van der Waals surface area contributed by atoms with E-state index in [-0.39, 0.29) is 16.9 Å². The zero-order valence-electron chi connectivity index (χ0n) is 12.4. The van der Waals surface area contributed by atoms with Gasteiger partial charge in [0.25, 0.3) is 15.7 Å². The summed E-state index contributed by atoms with van der Waals surface area (Å²) in [5.41, 5.74) is -2.61. The molecule has 2 aromatic rings. The Balaban J connectivity index is 2.63. The maximum absolute atomic E-state index is 12.7. The fraction of sp³-hybridized carbons (Fsp3) is 0.154. The van der Waals surface area contributed by atoms with Gasteiger partial charge in [-0.2, -0.15) is 13.2 Å². The molecule has 0 saturated heterocycles. The molecule has 1 aromatic carbocycles. The topological polar surface area (TPSA) is 93.4 Å². The Kier molecular flexibility index (Phi) is 4.91. The molecule has 12 heteroatoms. The molecule has 0 atom stereocenters.